The van der Waals surface area contributed by atoms with Crippen molar-refractivity contribution in [3.8, 4) is 0 Å². The number of fused-ring (bicyclic) bond motifs is 1. The van der Waals surface area contributed by atoms with Crippen molar-refractivity contribution in [1.82, 2.24) is 4.90 Å². The third-order valence-electron chi connectivity index (χ3n) is 4.37. The number of carbonyl (C=O) groups excluding carboxylic acids is 2. The van der Waals surface area contributed by atoms with Gasteiger partial charge in [0.15, 0.2) is 6.10 Å². The monoisotopic (exact) mass is 402 g/mol. The van der Waals surface area contributed by atoms with Crippen LogP contribution in [-0.2, 0) is 14.3 Å². The van der Waals surface area contributed by atoms with Gasteiger partial charge in [0, 0.05) is 18.8 Å². The summed E-state index contributed by atoms with van der Waals surface area (Å²) in [7, 11) is 0. The second-order valence-electron chi connectivity index (χ2n) is 6.43. The molecule has 2 aromatic carbocycles. The number of amides is 1. The minimum atomic E-state index is -0.870. The van der Waals surface area contributed by atoms with Crippen LogP contribution < -0.4 is 5.32 Å². The van der Waals surface area contributed by atoms with Gasteiger partial charge in [-0.1, -0.05) is 54.3 Å². The summed E-state index contributed by atoms with van der Waals surface area (Å²) < 4.78 is 5.96. The highest BCUT2D eigenvalue weighted by atomic mass is 32.2. The lowest BCUT2D eigenvalue weighted by atomic mass is 10.1. The molecule has 1 amide bonds. The Morgan fingerprint density at radius 1 is 1.19 bits per heavy atom. The summed E-state index contributed by atoms with van der Waals surface area (Å²) in [5, 5.41) is 4.92. The Kier molecular flexibility index (Phi) is 6.68. The molecule has 0 bridgehead atoms. The van der Waals surface area contributed by atoms with Crippen LogP contribution in [-0.4, -0.2) is 46.0 Å². The first-order valence-electron chi connectivity index (χ1n) is 8.94. The number of ether oxygens (including phenoxy) is 1. The fourth-order valence-electron chi connectivity index (χ4n) is 2.91. The molecule has 1 aliphatic rings. The van der Waals surface area contributed by atoms with Gasteiger partial charge < -0.3 is 15.0 Å². The maximum atomic E-state index is 12.3. The van der Waals surface area contributed by atoms with Gasteiger partial charge in [0.25, 0.3) is 5.91 Å². The van der Waals surface area contributed by atoms with Crippen LogP contribution in [0.3, 0.4) is 0 Å². The Balaban J connectivity index is 1.47. The number of anilines is 1. The van der Waals surface area contributed by atoms with E-state index in [0.29, 0.717) is 5.69 Å². The van der Waals surface area contributed by atoms with Crippen molar-refractivity contribution in [2.45, 2.75) is 25.9 Å². The molecule has 0 saturated carbocycles. The van der Waals surface area contributed by atoms with Gasteiger partial charge in [0.2, 0.25) is 0 Å². The van der Waals surface area contributed by atoms with E-state index in [2.05, 4.69) is 10.2 Å². The fourth-order valence-corrected chi connectivity index (χ4v) is 3.94. The van der Waals surface area contributed by atoms with Gasteiger partial charge in [-0.15, -0.1) is 0 Å². The SMILES string of the molecule is C[C@@H](OC(=O)CSC(=S)N1CCCC1)C(=O)Nc1ccc2ccccc2c1. The lowest BCUT2D eigenvalue weighted by Gasteiger charge is -2.18. The first-order chi connectivity index (χ1) is 13.0. The van der Waals surface area contributed by atoms with Crippen molar-refractivity contribution in [2.24, 2.45) is 0 Å². The first-order valence-corrected chi connectivity index (χ1v) is 10.3. The highest BCUT2D eigenvalue weighted by Crippen LogP contribution is 2.19. The van der Waals surface area contributed by atoms with Gasteiger partial charge in [-0.25, -0.2) is 0 Å². The lowest BCUT2D eigenvalue weighted by Crippen LogP contribution is -2.31. The normalized spacial score (nSPS) is 14.8. The van der Waals surface area contributed by atoms with Crippen molar-refractivity contribution in [3.05, 3.63) is 42.5 Å². The number of carbonyl (C=O) groups is 2. The van der Waals surface area contributed by atoms with E-state index >= 15 is 0 Å². The van der Waals surface area contributed by atoms with Crippen LogP contribution >= 0.6 is 24.0 Å². The number of hydrogen-bond donors (Lipinski definition) is 1. The molecular formula is C20H22N2O3S2. The van der Waals surface area contributed by atoms with E-state index in [-0.39, 0.29) is 11.7 Å². The summed E-state index contributed by atoms with van der Waals surface area (Å²) >= 11 is 6.62. The second kappa shape index (κ2) is 9.19. The van der Waals surface area contributed by atoms with E-state index < -0.39 is 12.1 Å². The van der Waals surface area contributed by atoms with Gasteiger partial charge in [0.05, 0.1) is 5.75 Å². The minimum absolute atomic E-state index is 0.114. The lowest BCUT2D eigenvalue weighted by molar-refractivity contribution is -0.150. The summed E-state index contributed by atoms with van der Waals surface area (Å²) in [5.41, 5.74) is 0.672. The van der Waals surface area contributed by atoms with Crippen LogP contribution in [0.25, 0.3) is 10.8 Å². The van der Waals surface area contributed by atoms with Crippen molar-refractivity contribution in [2.75, 3.05) is 24.2 Å². The van der Waals surface area contributed by atoms with E-state index in [9.17, 15) is 9.59 Å². The molecule has 3 rings (SSSR count). The Bertz CT molecular complexity index is 850. The molecule has 1 atom stereocenters. The predicted molar refractivity (Wildman–Crippen MR) is 114 cm³/mol. The average molecular weight is 403 g/mol. The smallest absolute Gasteiger partial charge is 0.317 e. The Hall–Kier alpha value is -2.12. The van der Waals surface area contributed by atoms with Crippen LogP contribution in [0.4, 0.5) is 5.69 Å². The molecular weight excluding hydrogens is 380 g/mol. The van der Waals surface area contributed by atoms with E-state index in [1.54, 1.807) is 6.92 Å². The van der Waals surface area contributed by atoms with E-state index in [0.717, 1.165) is 41.0 Å². The third-order valence-corrected chi connectivity index (χ3v) is 5.87. The topological polar surface area (TPSA) is 58.6 Å². The van der Waals surface area contributed by atoms with E-state index in [1.807, 2.05) is 42.5 Å². The molecule has 7 heteroatoms. The number of rotatable bonds is 5. The molecule has 1 N–H and O–H groups in total. The van der Waals surface area contributed by atoms with Crippen molar-refractivity contribution in [1.29, 1.82) is 0 Å². The van der Waals surface area contributed by atoms with Crippen LogP contribution in [0.15, 0.2) is 42.5 Å². The number of nitrogens with one attached hydrogen (secondary N) is 1. The van der Waals surface area contributed by atoms with E-state index in [1.165, 1.54) is 11.8 Å². The van der Waals surface area contributed by atoms with E-state index in [4.69, 9.17) is 17.0 Å². The molecule has 0 aliphatic carbocycles. The molecule has 1 fully saturated rings. The summed E-state index contributed by atoms with van der Waals surface area (Å²) in [6.07, 6.45) is 1.40. The van der Waals surface area contributed by atoms with Crippen molar-refractivity contribution >= 4 is 56.6 Å². The summed E-state index contributed by atoms with van der Waals surface area (Å²) in [5.74, 6) is -0.684. The largest absolute Gasteiger partial charge is 0.452 e. The molecule has 0 spiro atoms. The van der Waals surface area contributed by atoms with Gasteiger partial charge in [-0.3, -0.25) is 9.59 Å². The van der Waals surface area contributed by atoms with Gasteiger partial charge >= 0.3 is 5.97 Å². The molecule has 142 valence electrons. The molecule has 0 unspecified atom stereocenters. The molecule has 0 aromatic heterocycles. The van der Waals surface area contributed by atoms with Crippen molar-refractivity contribution < 1.29 is 14.3 Å². The Morgan fingerprint density at radius 3 is 2.63 bits per heavy atom. The second-order valence-corrected chi connectivity index (χ2v) is 8.04. The molecule has 2 aromatic rings. The van der Waals surface area contributed by atoms with Crippen LogP contribution in [0.1, 0.15) is 19.8 Å². The number of likely N-dealkylation sites (tertiary alicyclic amines) is 1. The van der Waals surface area contributed by atoms with Crippen LogP contribution in [0.2, 0.25) is 0 Å². The zero-order chi connectivity index (χ0) is 19.2. The quantitative estimate of drug-likeness (QED) is 0.606. The zero-order valence-corrected chi connectivity index (χ0v) is 16.8. The number of hydrogen-bond acceptors (Lipinski definition) is 5. The zero-order valence-electron chi connectivity index (χ0n) is 15.1. The molecule has 1 aliphatic heterocycles. The number of esters is 1. The number of nitrogens with zero attached hydrogens (tertiary/aromatic N) is 1. The highest BCUT2D eigenvalue weighted by molar-refractivity contribution is 8.23. The molecule has 1 heterocycles. The third kappa shape index (κ3) is 5.43. The fraction of sp³-hybridized carbons (Fsp3) is 0.350. The number of thiocarbonyl (C=S) groups is 1. The number of thioether (sulfide) groups is 1. The van der Waals surface area contributed by atoms with Gasteiger partial charge in [-0.2, -0.15) is 0 Å². The molecule has 5 nitrogen and oxygen atoms in total. The Morgan fingerprint density at radius 2 is 1.89 bits per heavy atom. The Labute approximate surface area is 168 Å². The number of benzene rings is 2. The van der Waals surface area contributed by atoms with Gasteiger partial charge in [-0.05, 0) is 42.7 Å². The molecule has 0 radical (unpaired) electrons. The summed E-state index contributed by atoms with van der Waals surface area (Å²) in [6.45, 7) is 3.47. The maximum absolute atomic E-state index is 12.3. The standard InChI is InChI=1S/C20H22N2O3S2/c1-14(25-18(23)13-27-20(26)22-10-4-5-11-22)19(24)21-17-9-8-15-6-2-3-7-16(15)12-17/h2-3,6-9,12,14H,4-5,10-11,13H2,1H3,(H,21,24)/t14-/m1/s1. The molecule has 1 saturated heterocycles. The first kappa shape index (κ1) is 19.6. The van der Waals surface area contributed by atoms with Crippen LogP contribution in [0, 0.1) is 0 Å². The van der Waals surface area contributed by atoms with Crippen molar-refractivity contribution in [3.63, 3.8) is 0 Å². The summed E-state index contributed by atoms with van der Waals surface area (Å²) in [4.78, 5) is 26.4. The maximum Gasteiger partial charge on any atom is 0.317 e. The van der Waals surface area contributed by atoms with Crippen LogP contribution in [0.5, 0.6) is 0 Å². The molecule has 27 heavy (non-hydrogen) atoms. The van der Waals surface area contributed by atoms with Gasteiger partial charge in [0.1, 0.15) is 4.32 Å². The predicted octanol–water partition coefficient (Wildman–Crippen LogP) is 3.82. The summed E-state index contributed by atoms with van der Waals surface area (Å²) in [6, 6.07) is 13.6. The minimum Gasteiger partial charge on any atom is -0.452 e. The average Bonchev–Trinajstić information content (AvgIpc) is 3.21. The highest BCUT2D eigenvalue weighted by Gasteiger charge is 2.20.